The van der Waals surface area contributed by atoms with Gasteiger partial charge in [0.25, 0.3) is 0 Å². The maximum Gasteiger partial charge on any atom is 0.242 e. The highest BCUT2D eigenvalue weighted by Crippen LogP contribution is 2.45. The molecular weight excluding hydrogens is 545 g/mol. The lowest BCUT2D eigenvalue weighted by Crippen LogP contribution is -2.45. The number of halogens is 2. The highest BCUT2D eigenvalue weighted by Gasteiger charge is 2.43. The van der Waals surface area contributed by atoms with Gasteiger partial charge in [-0.2, -0.15) is 0 Å². The number of nitrogens with zero attached hydrogens (tertiary/aromatic N) is 3. The number of benzene rings is 3. The van der Waals surface area contributed by atoms with Crippen molar-refractivity contribution in [2.45, 2.75) is 51.3 Å². The molecular formula is C32H35Cl2N3O3. The van der Waals surface area contributed by atoms with Crippen molar-refractivity contribution in [1.29, 1.82) is 0 Å². The third-order valence-electron chi connectivity index (χ3n) is 7.36. The molecule has 0 bridgehead atoms. The standard InChI is InChI=1S/C32H35Cl2N3O3/c1-21(2)40-28-19-26(39-3)15-16-27(28)32-35-30(22-7-11-24(33)12-8-22)31(23-9-13-25(34)14-10-23)37(32)29(38)20-36-17-5-4-6-18-36/h7-16,19,21,30-31H,4-6,17-18,20H2,1-3H3. The normalized spacial score (nSPS) is 19.6. The van der Waals surface area contributed by atoms with Gasteiger partial charge in [0, 0.05) is 16.1 Å². The molecule has 8 heteroatoms. The van der Waals surface area contributed by atoms with Crippen LogP contribution in [0.5, 0.6) is 11.5 Å². The quantitative estimate of drug-likeness (QED) is 0.280. The van der Waals surface area contributed by atoms with E-state index >= 15 is 0 Å². The molecule has 40 heavy (non-hydrogen) atoms. The molecule has 210 valence electrons. The number of carbonyl (C=O) groups is 1. The third kappa shape index (κ3) is 6.30. The number of likely N-dealkylation sites (tertiary alicyclic amines) is 1. The van der Waals surface area contributed by atoms with E-state index in [0.717, 1.165) is 42.6 Å². The minimum absolute atomic E-state index is 0.00313. The second-order valence-electron chi connectivity index (χ2n) is 10.6. The SMILES string of the molecule is COc1ccc(C2=NC(c3ccc(Cl)cc3)C(c3ccc(Cl)cc3)N2C(=O)CN2CCCCC2)c(OC(C)C)c1. The molecule has 1 saturated heterocycles. The Morgan fingerprint density at radius 2 is 1.55 bits per heavy atom. The van der Waals surface area contributed by atoms with Crippen LogP contribution >= 0.6 is 23.2 Å². The average molecular weight is 581 g/mol. The lowest BCUT2D eigenvalue weighted by atomic mass is 9.93. The number of hydrogen-bond acceptors (Lipinski definition) is 5. The van der Waals surface area contributed by atoms with E-state index in [1.807, 2.05) is 85.5 Å². The Bertz CT molecular complexity index is 1350. The molecule has 1 amide bonds. The number of piperidine rings is 1. The summed E-state index contributed by atoms with van der Waals surface area (Å²) in [5, 5.41) is 1.29. The van der Waals surface area contributed by atoms with E-state index in [0.29, 0.717) is 33.9 Å². The predicted octanol–water partition coefficient (Wildman–Crippen LogP) is 7.35. The Labute approximate surface area is 246 Å². The van der Waals surface area contributed by atoms with Gasteiger partial charge in [-0.15, -0.1) is 0 Å². The third-order valence-corrected chi connectivity index (χ3v) is 7.86. The van der Waals surface area contributed by atoms with Gasteiger partial charge in [-0.3, -0.25) is 19.6 Å². The number of ether oxygens (including phenoxy) is 2. The zero-order valence-corrected chi connectivity index (χ0v) is 24.7. The van der Waals surface area contributed by atoms with Crippen molar-refractivity contribution in [3.63, 3.8) is 0 Å². The van der Waals surface area contributed by atoms with E-state index < -0.39 is 0 Å². The average Bonchev–Trinajstić information content (AvgIpc) is 3.34. The monoisotopic (exact) mass is 579 g/mol. The Morgan fingerprint density at radius 3 is 2.15 bits per heavy atom. The van der Waals surface area contributed by atoms with E-state index in [4.69, 9.17) is 37.7 Å². The van der Waals surface area contributed by atoms with Crippen LogP contribution < -0.4 is 9.47 Å². The summed E-state index contributed by atoms with van der Waals surface area (Å²) < 4.78 is 11.7. The molecule has 1 fully saturated rings. The molecule has 0 spiro atoms. The van der Waals surface area contributed by atoms with E-state index in [1.165, 1.54) is 6.42 Å². The lowest BCUT2D eigenvalue weighted by molar-refractivity contribution is -0.130. The number of amidine groups is 1. The number of hydrogen-bond donors (Lipinski definition) is 0. The van der Waals surface area contributed by atoms with Crippen molar-refractivity contribution in [3.8, 4) is 11.5 Å². The van der Waals surface area contributed by atoms with Crippen LogP contribution in [0.2, 0.25) is 10.0 Å². The van der Waals surface area contributed by atoms with Crippen molar-refractivity contribution in [1.82, 2.24) is 9.80 Å². The van der Waals surface area contributed by atoms with Crippen LogP contribution in [0.15, 0.2) is 71.7 Å². The first-order valence-electron chi connectivity index (χ1n) is 13.8. The summed E-state index contributed by atoms with van der Waals surface area (Å²) in [6.45, 7) is 6.12. The van der Waals surface area contributed by atoms with Crippen LogP contribution in [0, 0.1) is 0 Å². The van der Waals surface area contributed by atoms with Gasteiger partial charge >= 0.3 is 0 Å². The molecule has 0 N–H and O–H groups in total. The van der Waals surface area contributed by atoms with Crippen LogP contribution in [-0.4, -0.2) is 54.4 Å². The molecule has 6 nitrogen and oxygen atoms in total. The van der Waals surface area contributed by atoms with Gasteiger partial charge in [-0.05, 0) is 87.3 Å². The molecule has 0 saturated carbocycles. The second-order valence-corrected chi connectivity index (χ2v) is 11.4. The zero-order chi connectivity index (χ0) is 28.2. The van der Waals surface area contributed by atoms with Gasteiger partial charge in [0.2, 0.25) is 5.91 Å². The molecule has 2 atom stereocenters. The minimum Gasteiger partial charge on any atom is -0.497 e. The van der Waals surface area contributed by atoms with Gasteiger partial charge in [0.1, 0.15) is 23.4 Å². The Kier molecular flexibility index (Phi) is 8.99. The lowest BCUT2D eigenvalue weighted by Gasteiger charge is -2.33. The summed E-state index contributed by atoms with van der Waals surface area (Å²) in [5.74, 6) is 1.88. The molecule has 0 radical (unpaired) electrons. The highest BCUT2D eigenvalue weighted by molar-refractivity contribution is 6.30. The first kappa shape index (κ1) is 28.5. The molecule has 5 rings (SSSR count). The molecule has 2 heterocycles. The first-order chi connectivity index (χ1) is 19.3. The maximum absolute atomic E-state index is 14.3. The van der Waals surface area contributed by atoms with Gasteiger partial charge in [0.05, 0.1) is 31.4 Å². The van der Waals surface area contributed by atoms with Crippen molar-refractivity contribution >= 4 is 34.9 Å². The number of rotatable bonds is 8. The summed E-state index contributed by atoms with van der Waals surface area (Å²) in [5.41, 5.74) is 2.67. The van der Waals surface area contributed by atoms with Crippen LogP contribution in [0.25, 0.3) is 0 Å². The van der Waals surface area contributed by atoms with E-state index in [2.05, 4.69) is 4.90 Å². The van der Waals surface area contributed by atoms with E-state index in [9.17, 15) is 4.79 Å². The van der Waals surface area contributed by atoms with Gasteiger partial charge < -0.3 is 9.47 Å². The fourth-order valence-corrected chi connectivity index (χ4v) is 5.72. The fourth-order valence-electron chi connectivity index (χ4n) is 5.47. The highest BCUT2D eigenvalue weighted by atomic mass is 35.5. The van der Waals surface area contributed by atoms with Crippen molar-refractivity contribution in [2.24, 2.45) is 4.99 Å². The number of carbonyl (C=O) groups excluding carboxylic acids is 1. The fraction of sp³-hybridized carbons (Fsp3) is 0.375. The van der Waals surface area contributed by atoms with Crippen molar-refractivity contribution in [3.05, 3.63) is 93.5 Å². The van der Waals surface area contributed by atoms with Crippen molar-refractivity contribution < 1.29 is 14.3 Å². The molecule has 3 aromatic carbocycles. The van der Waals surface area contributed by atoms with Crippen LogP contribution in [0.1, 0.15) is 61.9 Å². The van der Waals surface area contributed by atoms with Crippen LogP contribution in [0.3, 0.4) is 0 Å². The van der Waals surface area contributed by atoms with Gasteiger partial charge in [-0.25, -0.2) is 0 Å². The predicted molar refractivity (Wildman–Crippen MR) is 161 cm³/mol. The largest absolute Gasteiger partial charge is 0.497 e. The summed E-state index contributed by atoms with van der Waals surface area (Å²) in [4.78, 5) is 23.7. The summed E-state index contributed by atoms with van der Waals surface area (Å²) >= 11 is 12.5. The molecule has 2 aliphatic rings. The molecule has 3 aromatic rings. The summed E-state index contributed by atoms with van der Waals surface area (Å²) in [6.07, 6.45) is 3.33. The van der Waals surface area contributed by atoms with Crippen LogP contribution in [-0.2, 0) is 4.79 Å². The minimum atomic E-state index is -0.375. The van der Waals surface area contributed by atoms with Crippen LogP contribution in [0.4, 0.5) is 0 Å². The number of methoxy groups -OCH3 is 1. The Morgan fingerprint density at radius 1 is 0.925 bits per heavy atom. The number of aliphatic imine (C=N–C) groups is 1. The Hall–Kier alpha value is -3.06. The first-order valence-corrected chi connectivity index (χ1v) is 14.6. The molecule has 0 aromatic heterocycles. The maximum atomic E-state index is 14.3. The Balaban J connectivity index is 1.66. The van der Waals surface area contributed by atoms with E-state index in [-0.39, 0.29) is 24.1 Å². The molecule has 2 unspecified atom stereocenters. The van der Waals surface area contributed by atoms with Gasteiger partial charge in [0.15, 0.2) is 0 Å². The van der Waals surface area contributed by atoms with Gasteiger partial charge in [-0.1, -0.05) is 53.9 Å². The summed E-state index contributed by atoms with van der Waals surface area (Å²) in [7, 11) is 1.63. The topological polar surface area (TPSA) is 54.4 Å². The van der Waals surface area contributed by atoms with Crippen molar-refractivity contribution in [2.75, 3.05) is 26.7 Å². The smallest absolute Gasteiger partial charge is 0.242 e. The second kappa shape index (κ2) is 12.6. The number of amides is 1. The summed E-state index contributed by atoms with van der Waals surface area (Å²) in [6, 6.07) is 20.3. The molecule has 0 aliphatic carbocycles. The molecule has 2 aliphatic heterocycles. The van der Waals surface area contributed by atoms with E-state index in [1.54, 1.807) is 7.11 Å². The zero-order valence-electron chi connectivity index (χ0n) is 23.1.